The highest BCUT2D eigenvalue weighted by molar-refractivity contribution is 7.92. The molecule has 6 heteroatoms. The quantitative estimate of drug-likeness (QED) is 0.0971. The van der Waals surface area contributed by atoms with E-state index in [-0.39, 0.29) is 22.5 Å². The van der Waals surface area contributed by atoms with Crippen LogP contribution >= 0.6 is 0 Å². The smallest absolute Gasteiger partial charge is 0.187 e. The highest BCUT2D eigenvalue weighted by Gasteiger charge is 2.34. The summed E-state index contributed by atoms with van der Waals surface area (Å²) in [5.41, 5.74) is 6.71. The molecule has 50 heavy (non-hydrogen) atoms. The van der Waals surface area contributed by atoms with Crippen LogP contribution in [0, 0.1) is 25.7 Å². The molecule has 2 fully saturated rings. The van der Waals surface area contributed by atoms with E-state index in [1.807, 2.05) is 44.2 Å². The number of hydrogen-bond donors (Lipinski definition) is 0. The fraction of sp³-hybridized carbons (Fsp3) is 0.477. The maximum Gasteiger partial charge on any atom is 0.187 e. The topological polar surface area (TPSA) is 81.2 Å². The number of unbranched alkanes of at least 4 members (excludes halogenated alkanes) is 2. The van der Waals surface area contributed by atoms with Crippen LogP contribution < -0.4 is 0 Å². The molecule has 0 saturated heterocycles. The number of pyridine rings is 1. The number of sulfone groups is 1. The molecule has 0 amide bonds. The molecule has 2 unspecified atom stereocenters. The van der Waals surface area contributed by atoms with Gasteiger partial charge < -0.3 is 0 Å². The van der Waals surface area contributed by atoms with E-state index in [2.05, 4.69) is 42.2 Å². The van der Waals surface area contributed by atoms with Gasteiger partial charge in [0.05, 0.1) is 15.7 Å². The number of carbonyl (C=O) groups excluding carboxylic acids is 2. The van der Waals surface area contributed by atoms with Crippen LogP contribution in [0.4, 0.5) is 0 Å². The minimum atomic E-state index is -3.84. The highest BCUT2D eigenvalue weighted by atomic mass is 32.2. The zero-order valence-electron chi connectivity index (χ0n) is 30.1. The molecule has 2 atom stereocenters. The number of nitrogens with zero attached hydrogens (tertiary/aromatic N) is 1. The van der Waals surface area contributed by atoms with Gasteiger partial charge >= 0.3 is 0 Å². The van der Waals surface area contributed by atoms with Gasteiger partial charge in [0.1, 0.15) is 5.78 Å². The summed E-state index contributed by atoms with van der Waals surface area (Å²) in [5, 5.41) is 0.0296. The van der Waals surface area contributed by atoms with Gasteiger partial charge in [-0.1, -0.05) is 68.3 Å². The number of fused-ring (bicyclic) bond motifs is 1. The van der Waals surface area contributed by atoms with Crippen molar-refractivity contribution in [2.75, 3.05) is 0 Å². The van der Waals surface area contributed by atoms with Gasteiger partial charge in [0.2, 0.25) is 0 Å². The second kappa shape index (κ2) is 16.1. The van der Waals surface area contributed by atoms with Gasteiger partial charge in [0.15, 0.2) is 15.6 Å². The van der Waals surface area contributed by atoms with Crippen molar-refractivity contribution in [2.45, 2.75) is 127 Å². The summed E-state index contributed by atoms with van der Waals surface area (Å²) in [4.78, 5) is 30.5. The molecule has 1 heterocycles. The molecule has 2 aliphatic rings. The van der Waals surface area contributed by atoms with Crippen LogP contribution in [0.1, 0.15) is 140 Å². The van der Waals surface area contributed by atoms with Crippen molar-refractivity contribution in [3.05, 3.63) is 106 Å². The van der Waals surface area contributed by atoms with Crippen LogP contribution in [0.25, 0.3) is 10.9 Å². The molecule has 0 aliphatic heterocycles. The number of hydrogen-bond acceptors (Lipinski definition) is 5. The number of Topliss-reactive ketones (excluding diaryl/α,β-unsaturated/α-hetero) is 2. The Bertz CT molecular complexity index is 1940. The highest BCUT2D eigenvalue weighted by Crippen LogP contribution is 2.44. The number of ketones is 2. The Balaban J connectivity index is 1.25. The first-order valence-corrected chi connectivity index (χ1v) is 20.5. The molecule has 0 bridgehead atoms. The molecule has 264 valence electrons. The minimum Gasteiger partial charge on any atom is -0.299 e. The van der Waals surface area contributed by atoms with E-state index < -0.39 is 15.1 Å². The summed E-state index contributed by atoms with van der Waals surface area (Å²) in [6.45, 7) is 6.09. The monoisotopic (exact) mass is 691 g/mol. The normalized spacial score (nSPS) is 20.3. The van der Waals surface area contributed by atoms with Gasteiger partial charge in [-0.25, -0.2) is 8.42 Å². The van der Waals surface area contributed by atoms with Gasteiger partial charge in [-0.3, -0.25) is 14.6 Å². The van der Waals surface area contributed by atoms with Crippen molar-refractivity contribution >= 4 is 32.3 Å². The molecular formula is C44H53NO4S. The lowest BCUT2D eigenvalue weighted by atomic mass is 9.74. The second-order valence-electron chi connectivity index (χ2n) is 15.1. The first kappa shape index (κ1) is 36.2. The van der Waals surface area contributed by atoms with Crippen molar-refractivity contribution < 1.29 is 18.0 Å². The SMILES string of the molecule is CCC(c1cc(C(=O)CCCCCC2CCCC2=O)ccc1C1CCC(Cc2ccccc2C)CC1)S(=O)(=O)c1cccc2cc(C)cnc12. The molecule has 4 aromatic rings. The maximum atomic E-state index is 14.7. The van der Waals surface area contributed by atoms with E-state index >= 15 is 0 Å². The van der Waals surface area contributed by atoms with Crippen LogP contribution in [0.3, 0.4) is 0 Å². The average Bonchev–Trinajstić information content (AvgIpc) is 3.53. The van der Waals surface area contributed by atoms with Gasteiger partial charge in [0, 0.05) is 35.9 Å². The third-order valence-corrected chi connectivity index (χ3v) is 13.8. The van der Waals surface area contributed by atoms with E-state index in [1.54, 1.807) is 12.3 Å². The first-order chi connectivity index (χ1) is 24.2. The van der Waals surface area contributed by atoms with Crippen molar-refractivity contribution in [2.24, 2.45) is 11.8 Å². The van der Waals surface area contributed by atoms with Crippen molar-refractivity contribution in [1.82, 2.24) is 4.98 Å². The van der Waals surface area contributed by atoms with Crippen molar-refractivity contribution in [3.8, 4) is 0 Å². The van der Waals surface area contributed by atoms with Gasteiger partial charge in [-0.15, -0.1) is 0 Å². The third-order valence-electron chi connectivity index (χ3n) is 11.6. The predicted molar refractivity (Wildman–Crippen MR) is 202 cm³/mol. The fourth-order valence-corrected chi connectivity index (χ4v) is 10.6. The number of aromatic nitrogens is 1. The number of aryl methyl sites for hydroxylation is 2. The zero-order valence-corrected chi connectivity index (χ0v) is 30.9. The molecule has 2 aliphatic carbocycles. The molecule has 0 radical (unpaired) electrons. The molecule has 0 N–H and O–H groups in total. The molecule has 5 nitrogen and oxygen atoms in total. The molecule has 6 rings (SSSR count). The van der Waals surface area contributed by atoms with E-state index in [4.69, 9.17) is 0 Å². The first-order valence-electron chi connectivity index (χ1n) is 19.0. The zero-order chi connectivity index (χ0) is 35.3. The molecular weight excluding hydrogens is 639 g/mol. The Kier molecular flexibility index (Phi) is 11.7. The third kappa shape index (κ3) is 8.12. The Morgan fingerprint density at radius 1 is 0.900 bits per heavy atom. The molecule has 1 aromatic heterocycles. The average molecular weight is 692 g/mol. The van der Waals surface area contributed by atoms with Crippen LogP contribution in [-0.2, 0) is 21.1 Å². The Hall–Kier alpha value is -3.64. The van der Waals surface area contributed by atoms with Crippen LogP contribution in [0.5, 0.6) is 0 Å². The molecule has 3 aromatic carbocycles. The summed E-state index contributed by atoms with van der Waals surface area (Å²) in [7, 11) is -3.84. The summed E-state index contributed by atoms with van der Waals surface area (Å²) >= 11 is 0. The second-order valence-corrected chi connectivity index (χ2v) is 17.2. The van der Waals surface area contributed by atoms with Gasteiger partial charge in [0.25, 0.3) is 0 Å². The summed E-state index contributed by atoms with van der Waals surface area (Å²) < 4.78 is 29.4. The van der Waals surface area contributed by atoms with E-state index in [0.717, 1.165) is 99.1 Å². The predicted octanol–water partition coefficient (Wildman–Crippen LogP) is 10.8. The Morgan fingerprint density at radius 3 is 2.44 bits per heavy atom. The van der Waals surface area contributed by atoms with Crippen LogP contribution in [-0.4, -0.2) is 25.0 Å². The summed E-state index contributed by atoms with van der Waals surface area (Å²) in [5.74, 6) is 1.54. The number of carbonyl (C=O) groups is 2. The van der Waals surface area contributed by atoms with Gasteiger partial charge in [-0.05, 0) is 136 Å². The van der Waals surface area contributed by atoms with Gasteiger partial charge in [-0.2, -0.15) is 0 Å². The lowest BCUT2D eigenvalue weighted by Gasteiger charge is -2.32. The van der Waals surface area contributed by atoms with Crippen molar-refractivity contribution in [3.63, 3.8) is 0 Å². The Labute approximate surface area is 299 Å². The lowest BCUT2D eigenvalue weighted by Crippen LogP contribution is -2.20. The molecule has 2 saturated carbocycles. The lowest BCUT2D eigenvalue weighted by molar-refractivity contribution is -0.120. The van der Waals surface area contributed by atoms with Crippen molar-refractivity contribution in [1.29, 1.82) is 0 Å². The Morgan fingerprint density at radius 2 is 1.70 bits per heavy atom. The number of para-hydroxylation sites is 1. The number of benzene rings is 3. The largest absolute Gasteiger partial charge is 0.299 e. The minimum absolute atomic E-state index is 0.0613. The van der Waals surface area contributed by atoms with Crippen LogP contribution in [0.15, 0.2) is 77.8 Å². The fourth-order valence-electron chi connectivity index (χ4n) is 8.65. The van der Waals surface area contributed by atoms with E-state index in [9.17, 15) is 18.0 Å². The standard InChI is InChI=1S/C44H53NO4S/c1-4-42(50(48,49)43-19-11-16-37-26-30(2)29-45-44(37)43)39-28-36(41(47)17-7-5-6-13-34-15-10-18-40(34)46)24-25-38(39)33-22-20-32(21-23-33)27-35-14-9-8-12-31(35)3/h8-9,11-12,14,16,19,24-26,28-29,32-34,42H,4-7,10,13,15,17-18,20-23,27H2,1-3H3. The van der Waals surface area contributed by atoms with E-state index in [1.165, 1.54) is 11.1 Å². The number of rotatable bonds is 14. The van der Waals surface area contributed by atoms with Crippen LogP contribution in [0.2, 0.25) is 0 Å². The summed E-state index contributed by atoms with van der Waals surface area (Å²) in [6, 6.07) is 22.0. The van der Waals surface area contributed by atoms with E-state index in [0.29, 0.717) is 35.6 Å². The molecule has 0 spiro atoms. The maximum absolute atomic E-state index is 14.7. The summed E-state index contributed by atoms with van der Waals surface area (Å²) in [6.07, 6.45) is 14.2.